The Labute approximate surface area is 39.7 Å². The first-order valence-corrected chi connectivity index (χ1v) is 2.55. The van der Waals surface area contributed by atoms with Crippen LogP contribution in [0.2, 0.25) is 0 Å². The number of hydrogen-bond donors (Lipinski definition) is 1. The lowest BCUT2D eigenvalue weighted by Gasteiger charge is -1.95. The number of quaternary nitrogens is 1. The van der Waals surface area contributed by atoms with Crippen molar-refractivity contribution in [1.82, 2.24) is 0 Å². The lowest BCUT2D eigenvalue weighted by atomic mass is 10.2. The van der Waals surface area contributed by atoms with E-state index in [-0.39, 0.29) is 0 Å². The second kappa shape index (κ2) is 3.16. The fourth-order valence-corrected chi connectivity index (χ4v) is 0.471. The molecule has 0 spiro atoms. The highest BCUT2D eigenvalue weighted by molar-refractivity contribution is 4.32. The summed E-state index contributed by atoms with van der Waals surface area (Å²) in [4.78, 5) is 0. The number of nitrogens with two attached hydrogens (primary N) is 1. The molecule has 0 fully saturated rings. The van der Waals surface area contributed by atoms with Gasteiger partial charge in [-0.2, -0.15) is 0 Å². The Hall–Kier alpha value is -0.0400. The fourth-order valence-electron chi connectivity index (χ4n) is 0.471. The van der Waals surface area contributed by atoms with E-state index in [0.29, 0.717) is 0 Å². The Bertz CT molecular complexity index is 25.1. The van der Waals surface area contributed by atoms with Gasteiger partial charge in [-0.3, -0.25) is 0 Å². The smallest absolute Gasteiger partial charge is 0.0776 e. The second-order valence-corrected chi connectivity index (χ2v) is 2.04. The second-order valence-electron chi connectivity index (χ2n) is 2.04. The van der Waals surface area contributed by atoms with Crippen molar-refractivity contribution in [2.45, 2.75) is 13.8 Å². The van der Waals surface area contributed by atoms with E-state index in [1.165, 1.54) is 6.54 Å². The molecule has 1 nitrogen and oxygen atoms in total. The molecule has 0 unspecified atom stereocenters. The van der Waals surface area contributed by atoms with Crippen molar-refractivity contribution >= 4 is 0 Å². The minimum absolute atomic E-state index is 0.843. The Kier molecular flexibility index (Phi) is 3.14. The summed E-state index contributed by atoms with van der Waals surface area (Å²) in [5, 5.41) is 2.20. The van der Waals surface area contributed by atoms with Gasteiger partial charge in [0.1, 0.15) is 0 Å². The van der Waals surface area contributed by atoms with Crippen LogP contribution in [0.3, 0.4) is 0 Å². The summed E-state index contributed by atoms with van der Waals surface area (Å²) in [6.07, 6.45) is 0. The van der Waals surface area contributed by atoms with Crippen molar-refractivity contribution in [2.24, 2.45) is 5.92 Å². The first-order valence-electron chi connectivity index (χ1n) is 2.55. The molecule has 0 aliphatic heterocycles. The average molecular weight is 88.2 g/mol. The predicted octanol–water partition coefficient (Wildman–Crippen LogP) is -0.164. The van der Waals surface area contributed by atoms with Crippen LogP contribution in [-0.2, 0) is 0 Å². The monoisotopic (exact) mass is 88.1 g/mol. The van der Waals surface area contributed by atoms with Gasteiger partial charge in [0, 0.05) is 5.92 Å². The van der Waals surface area contributed by atoms with Gasteiger partial charge in [-0.15, -0.1) is 0 Å². The molecule has 1 heteroatoms. The van der Waals surface area contributed by atoms with E-state index >= 15 is 0 Å². The van der Waals surface area contributed by atoms with E-state index in [1.54, 1.807) is 0 Å². The van der Waals surface area contributed by atoms with Crippen LogP contribution in [0.15, 0.2) is 0 Å². The molecule has 0 amide bonds. The summed E-state index contributed by atoms with van der Waals surface area (Å²) in [5.74, 6) is 0.843. The van der Waals surface area contributed by atoms with Crippen molar-refractivity contribution in [3.63, 3.8) is 0 Å². The first kappa shape index (κ1) is 5.96. The van der Waals surface area contributed by atoms with E-state index in [1.807, 2.05) is 0 Å². The van der Waals surface area contributed by atoms with Gasteiger partial charge in [0.15, 0.2) is 0 Å². The minimum atomic E-state index is 0.843. The third-order valence-electron chi connectivity index (χ3n) is 0.707. The van der Waals surface area contributed by atoms with Crippen LogP contribution in [-0.4, -0.2) is 13.6 Å². The Balaban J connectivity index is 2.63. The van der Waals surface area contributed by atoms with Crippen molar-refractivity contribution < 1.29 is 5.32 Å². The molecule has 6 heavy (non-hydrogen) atoms. The summed E-state index contributed by atoms with van der Waals surface area (Å²) in [7, 11) is 2.10. The zero-order valence-corrected chi connectivity index (χ0v) is 4.86. The van der Waals surface area contributed by atoms with Crippen LogP contribution in [0, 0.1) is 5.92 Å². The summed E-state index contributed by atoms with van der Waals surface area (Å²) in [6.45, 7) is 5.69. The van der Waals surface area contributed by atoms with Gasteiger partial charge in [0.05, 0.1) is 13.6 Å². The van der Waals surface area contributed by atoms with Crippen molar-refractivity contribution in [2.75, 3.05) is 13.6 Å². The quantitative estimate of drug-likeness (QED) is 0.483. The van der Waals surface area contributed by atoms with Crippen LogP contribution >= 0.6 is 0 Å². The highest BCUT2D eigenvalue weighted by Gasteiger charge is 1.88. The topological polar surface area (TPSA) is 16.6 Å². The Morgan fingerprint density at radius 2 is 2.00 bits per heavy atom. The Morgan fingerprint density at radius 1 is 1.50 bits per heavy atom. The molecule has 0 heterocycles. The molecule has 0 saturated heterocycles. The maximum Gasteiger partial charge on any atom is 0.0776 e. The summed E-state index contributed by atoms with van der Waals surface area (Å²) < 4.78 is 0. The van der Waals surface area contributed by atoms with Crippen molar-refractivity contribution in [3.8, 4) is 0 Å². The summed E-state index contributed by atoms with van der Waals surface area (Å²) in [6, 6.07) is 0. The highest BCUT2D eigenvalue weighted by Crippen LogP contribution is 1.80. The van der Waals surface area contributed by atoms with E-state index in [9.17, 15) is 0 Å². The van der Waals surface area contributed by atoms with Crippen LogP contribution in [0.5, 0.6) is 0 Å². The van der Waals surface area contributed by atoms with Crippen LogP contribution < -0.4 is 5.32 Å². The summed E-state index contributed by atoms with van der Waals surface area (Å²) >= 11 is 0. The van der Waals surface area contributed by atoms with E-state index in [0.717, 1.165) is 5.92 Å². The van der Waals surface area contributed by atoms with Gasteiger partial charge in [0.2, 0.25) is 0 Å². The molecule has 0 atom stereocenters. The molecule has 0 rings (SSSR count). The van der Waals surface area contributed by atoms with Crippen LogP contribution in [0.4, 0.5) is 0 Å². The maximum absolute atomic E-state index is 2.22. The molecule has 0 aromatic carbocycles. The molecule has 0 radical (unpaired) electrons. The third-order valence-corrected chi connectivity index (χ3v) is 0.707. The molecule has 0 aliphatic rings. The van der Waals surface area contributed by atoms with Crippen LogP contribution in [0.25, 0.3) is 0 Å². The third kappa shape index (κ3) is 3.96. The molecule has 0 aromatic rings. The zero-order chi connectivity index (χ0) is 4.99. The van der Waals surface area contributed by atoms with Gasteiger partial charge in [-0.25, -0.2) is 0 Å². The first-order chi connectivity index (χ1) is 2.77. The van der Waals surface area contributed by atoms with E-state index in [4.69, 9.17) is 0 Å². The molecule has 38 valence electrons. The maximum atomic E-state index is 2.22. The predicted molar refractivity (Wildman–Crippen MR) is 27.6 cm³/mol. The minimum Gasteiger partial charge on any atom is -0.348 e. The average Bonchev–Trinajstić information content (AvgIpc) is 1.35. The number of hydrogen-bond acceptors (Lipinski definition) is 0. The number of rotatable bonds is 2. The SMILES string of the molecule is C[NH2+]CC(C)C. The lowest BCUT2D eigenvalue weighted by molar-refractivity contribution is -0.632. The molecule has 0 aromatic heterocycles. The zero-order valence-electron chi connectivity index (χ0n) is 4.86. The van der Waals surface area contributed by atoms with E-state index in [2.05, 4.69) is 26.2 Å². The van der Waals surface area contributed by atoms with Gasteiger partial charge in [-0.05, 0) is 0 Å². The molecular formula is C5H14N+. The molecular weight excluding hydrogens is 74.1 g/mol. The van der Waals surface area contributed by atoms with Gasteiger partial charge < -0.3 is 5.32 Å². The van der Waals surface area contributed by atoms with Gasteiger partial charge in [0.25, 0.3) is 0 Å². The largest absolute Gasteiger partial charge is 0.348 e. The molecule has 0 aliphatic carbocycles. The fraction of sp³-hybridized carbons (Fsp3) is 1.00. The molecule has 0 bridgehead atoms. The standard InChI is InChI=1S/C5H13N/c1-5(2)4-6-3/h5-6H,4H2,1-3H3/p+1. The van der Waals surface area contributed by atoms with Crippen LogP contribution in [0.1, 0.15) is 13.8 Å². The molecule has 2 N–H and O–H groups in total. The van der Waals surface area contributed by atoms with Crippen molar-refractivity contribution in [1.29, 1.82) is 0 Å². The van der Waals surface area contributed by atoms with Gasteiger partial charge >= 0.3 is 0 Å². The van der Waals surface area contributed by atoms with Gasteiger partial charge in [-0.1, -0.05) is 13.8 Å². The lowest BCUT2D eigenvalue weighted by Crippen LogP contribution is -2.80. The summed E-state index contributed by atoms with van der Waals surface area (Å²) in [5.41, 5.74) is 0. The molecule has 0 saturated carbocycles. The van der Waals surface area contributed by atoms with Crippen molar-refractivity contribution in [3.05, 3.63) is 0 Å². The Morgan fingerprint density at radius 3 is 2.00 bits per heavy atom. The highest BCUT2D eigenvalue weighted by atomic mass is 14.8. The van der Waals surface area contributed by atoms with E-state index < -0.39 is 0 Å². The normalized spacial score (nSPS) is 10.0.